The lowest BCUT2D eigenvalue weighted by atomic mass is 10.1. The van der Waals surface area contributed by atoms with Crippen LogP contribution in [0.5, 0.6) is 5.75 Å². The molecule has 0 spiro atoms. The van der Waals surface area contributed by atoms with Crippen molar-refractivity contribution in [3.05, 3.63) is 86.3 Å². The van der Waals surface area contributed by atoms with Crippen LogP contribution in [-0.4, -0.2) is 26.0 Å². The molecule has 9 nitrogen and oxygen atoms in total. The number of ether oxygens (including phenoxy) is 1. The van der Waals surface area contributed by atoms with E-state index in [0.29, 0.717) is 29.0 Å². The van der Waals surface area contributed by atoms with Crippen molar-refractivity contribution in [2.45, 2.75) is 33.3 Å². The first kappa shape index (κ1) is 23.6. The van der Waals surface area contributed by atoms with Gasteiger partial charge in [-0.25, -0.2) is 18.6 Å². The number of hydrogen-bond acceptors (Lipinski definition) is 5. The van der Waals surface area contributed by atoms with E-state index in [2.05, 4.69) is 10.3 Å². The van der Waals surface area contributed by atoms with E-state index in [0.717, 1.165) is 20.1 Å². The van der Waals surface area contributed by atoms with E-state index >= 15 is 0 Å². The topological polar surface area (TPSA) is 121 Å². The Morgan fingerprint density at radius 3 is 2.63 bits per heavy atom. The van der Waals surface area contributed by atoms with Crippen molar-refractivity contribution in [3.8, 4) is 22.9 Å². The summed E-state index contributed by atoms with van der Waals surface area (Å²) in [5, 5.41) is 12.6. The predicted molar refractivity (Wildman–Crippen MR) is 133 cm³/mol. The molecular weight excluding hydrogens is 446 g/mol. The van der Waals surface area contributed by atoms with Crippen molar-refractivity contribution in [3.63, 3.8) is 0 Å². The second kappa shape index (κ2) is 9.35. The van der Waals surface area contributed by atoms with Crippen LogP contribution in [0, 0.1) is 25.2 Å². The molecule has 9 heteroatoms. The first-order chi connectivity index (χ1) is 16.7. The van der Waals surface area contributed by atoms with Crippen LogP contribution < -0.4 is 21.4 Å². The lowest BCUT2D eigenvalue weighted by Crippen LogP contribution is -2.37. The first-order valence-electron chi connectivity index (χ1n) is 11.1. The van der Waals surface area contributed by atoms with Gasteiger partial charge >= 0.3 is 11.4 Å². The van der Waals surface area contributed by atoms with Crippen LogP contribution in [0.1, 0.15) is 30.2 Å². The molecule has 178 valence electrons. The Kier molecular flexibility index (Phi) is 6.30. The third-order valence-electron chi connectivity index (χ3n) is 5.83. The summed E-state index contributed by atoms with van der Waals surface area (Å²) in [6.07, 6.45) is -0.223. The number of carbonyl (C=O) groups excluding carboxylic acids is 1. The van der Waals surface area contributed by atoms with Gasteiger partial charge < -0.3 is 10.1 Å². The van der Waals surface area contributed by atoms with Crippen molar-refractivity contribution in [2.24, 2.45) is 7.05 Å². The summed E-state index contributed by atoms with van der Waals surface area (Å²) >= 11 is 0. The molecule has 0 fully saturated rings. The third-order valence-corrected chi connectivity index (χ3v) is 5.83. The number of aromatic amines is 1. The number of fused-ring (bicyclic) bond motifs is 1. The highest BCUT2D eigenvalue weighted by Crippen LogP contribution is 2.28. The normalized spacial score (nSPS) is 11.7. The first-order valence-corrected chi connectivity index (χ1v) is 11.1. The second-order valence-electron chi connectivity index (χ2n) is 8.36. The van der Waals surface area contributed by atoms with Crippen molar-refractivity contribution in [2.75, 3.05) is 5.32 Å². The van der Waals surface area contributed by atoms with Gasteiger partial charge in [0.25, 0.3) is 5.91 Å². The summed E-state index contributed by atoms with van der Waals surface area (Å²) in [6.45, 7) is 5.80. The van der Waals surface area contributed by atoms with E-state index in [4.69, 9.17) is 4.74 Å². The Hall–Kier alpha value is -4.58. The number of anilines is 1. The van der Waals surface area contributed by atoms with Gasteiger partial charge in [0, 0.05) is 18.3 Å². The summed E-state index contributed by atoms with van der Waals surface area (Å²) in [4.78, 5) is 40.1. The number of rotatable bonds is 6. The smallest absolute Gasteiger partial charge is 0.338 e. The Labute approximate surface area is 201 Å². The molecule has 2 N–H and O–H groups in total. The highest BCUT2D eigenvalue weighted by atomic mass is 16.5. The van der Waals surface area contributed by atoms with Crippen molar-refractivity contribution in [1.82, 2.24) is 14.0 Å². The van der Waals surface area contributed by atoms with Crippen LogP contribution >= 0.6 is 0 Å². The number of nitrogens with one attached hydrogen (secondary N) is 2. The van der Waals surface area contributed by atoms with Crippen molar-refractivity contribution < 1.29 is 9.53 Å². The SMILES string of the molecule is CCC(Oc1ccc(C)cc1C)C(=O)Nc1cccc(-c2cc3[nH]c(=O)n(C)c(=O)n3c2C#N)c1. The van der Waals surface area contributed by atoms with E-state index < -0.39 is 17.5 Å². The molecule has 0 saturated heterocycles. The fourth-order valence-corrected chi connectivity index (χ4v) is 3.96. The Morgan fingerprint density at radius 2 is 1.94 bits per heavy atom. The number of nitrogens with zero attached hydrogens (tertiary/aromatic N) is 3. The fourth-order valence-electron chi connectivity index (χ4n) is 3.96. The highest BCUT2D eigenvalue weighted by molar-refractivity contribution is 5.95. The van der Waals surface area contributed by atoms with Gasteiger partial charge in [-0.05, 0) is 55.7 Å². The van der Waals surface area contributed by atoms with E-state index in [9.17, 15) is 19.6 Å². The van der Waals surface area contributed by atoms with Crippen LogP contribution in [-0.2, 0) is 11.8 Å². The molecule has 0 bridgehead atoms. The fraction of sp³-hybridized carbons (Fsp3) is 0.231. The number of amides is 1. The highest BCUT2D eigenvalue weighted by Gasteiger charge is 2.21. The second-order valence-corrected chi connectivity index (χ2v) is 8.36. The Morgan fingerprint density at radius 1 is 1.17 bits per heavy atom. The zero-order chi connectivity index (χ0) is 25.3. The minimum Gasteiger partial charge on any atom is -0.480 e. The number of aryl methyl sites for hydroxylation is 2. The monoisotopic (exact) mass is 471 g/mol. The summed E-state index contributed by atoms with van der Waals surface area (Å²) < 4.78 is 8.04. The Balaban J connectivity index is 1.64. The molecule has 1 amide bonds. The molecule has 2 aromatic carbocycles. The molecule has 0 aliphatic carbocycles. The number of carbonyl (C=O) groups is 1. The van der Waals surface area contributed by atoms with Gasteiger partial charge in [0.05, 0.1) is 0 Å². The lowest BCUT2D eigenvalue weighted by molar-refractivity contribution is -0.122. The summed E-state index contributed by atoms with van der Waals surface area (Å²) in [7, 11) is 1.34. The zero-order valence-electron chi connectivity index (χ0n) is 19.9. The number of hydrogen-bond donors (Lipinski definition) is 2. The van der Waals surface area contributed by atoms with Crippen molar-refractivity contribution >= 4 is 17.2 Å². The van der Waals surface area contributed by atoms with Crippen molar-refractivity contribution in [1.29, 1.82) is 5.26 Å². The molecule has 35 heavy (non-hydrogen) atoms. The quantitative estimate of drug-likeness (QED) is 0.447. The molecule has 4 rings (SSSR count). The van der Waals surface area contributed by atoms with E-state index in [-0.39, 0.29) is 17.2 Å². The summed E-state index contributed by atoms with van der Waals surface area (Å²) in [6, 6.07) is 16.3. The number of nitriles is 1. The number of H-pyrrole nitrogens is 1. The molecule has 0 aliphatic rings. The van der Waals surface area contributed by atoms with Crippen LogP contribution in [0.2, 0.25) is 0 Å². The maximum absolute atomic E-state index is 13.0. The zero-order valence-corrected chi connectivity index (χ0v) is 19.9. The van der Waals surface area contributed by atoms with Gasteiger partial charge in [0.2, 0.25) is 0 Å². The summed E-state index contributed by atoms with van der Waals surface area (Å²) in [5.41, 5.74) is 2.74. The molecule has 0 aliphatic heterocycles. The standard InChI is InChI=1S/C26H25N5O4/c1-5-21(35-22-10-9-15(2)11-16(22)3)24(32)28-18-8-6-7-17(12-18)19-13-23-29-25(33)30(4)26(34)31(23)20(19)14-27/h6-13,21H,5H2,1-4H3,(H,28,32)(H,29,33). The molecular formula is C26H25N5O4. The number of aromatic nitrogens is 3. The maximum Gasteiger partial charge on any atom is 0.338 e. The molecule has 0 saturated carbocycles. The molecule has 1 atom stereocenters. The average molecular weight is 472 g/mol. The molecule has 4 aromatic rings. The van der Waals surface area contributed by atoms with Crippen LogP contribution in [0.25, 0.3) is 16.8 Å². The lowest BCUT2D eigenvalue weighted by Gasteiger charge is -2.19. The minimum absolute atomic E-state index is 0.0879. The van der Waals surface area contributed by atoms with E-state index in [1.165, 1.54) is 7.05 Å². The van der Waals surface area contributed by atoms with Gasteiger partial charge in [-0.1, -0.05) is 36.8 Å². The van der Waals surface area contributed by atoms with Crippen LogP contribution in [0.3, 0.4) is 0 Å². The van der Waals surface area contributed by atoms with Crippen LogP contribution in [0.4, 0.5) is 5.69 Å². The van der Waals surface area contributed by atoms with Gasteiger partial charge in [-0.15, -0.1) is 0 Å². The van der Waals surface area contributed by atoms with Gasteiger partial charge in [0.1, 0.15) is 23.2 Å². The van der Waals surface area contributed by atoms with Gasteiger partial charge in [0.15, 0.2) is 6.10 Å². The van der Waals surface area contributed by atoms with Gasteiger partial charge in [-0.2, -0.15) is 5.26 Å². The third kappa shape index (κ3) is 4.46. The molecule has 2 aromatic heterocycles. The van der Waals surface area contributed by atoms with Gasteiger partial charge in [-0.3, -0.25) is 9.78 Å². The molecule has 2 heterocycles. The summed E-state index contributed by atoms with van der Waals surface area (Å²) in [5.74, 6) is 0.353. The largest absolute Gasteiger partial charge is 0.480 e. The predicted octanol–water partition coefficient (Wildman–Crippen LogP) is 3.28. The molecule has 1 unspecified atom stereocenters. The van der Waals surface area contributed by atoms with Crippen LogP contribution in [0.15, 0.2) is 58.1 Å². The van der Waals surface area contributed by atoms with E-state index in [1.807, 2.05) is 45.0 Å². The molecule has 0 radical (unpaired) electrons. The Bertz CT molecular complexity index is 1600. The minimum atomic E-state index is -0.695. The maximum atomic E-state index is 13.0. The van der Waals surface area contributed by atoms with E-state index in [1.54, 1.807) is 30.3 Å². The average Bonchev–Trinajstić information content (AvgIpc) is 3.20. The number of benzene rings is 2.